The van der Waals surface area contributed by atoms with Crippen LogP contribution in [0.3, 0.4) is 0 Å². The van der Waals surface area contributed by atoms with Gasteiger partial charge in [-0.1, -0.05) is 82.7 Å². The van der Waals surface area contributed by atoms with Crippen molar-refractivity contribution in [3.8, 4) is 0 Å². The van der Waals surface area contributed by atoms with E-state index in [9.17, 15) is 4.79 Å². The summed E-state index contributed by atoms with van der Waals surface area (Å²) in [6.45, 7) is 0. The van der Waals surface area contributed by atoms with E-state index in [0.29, 0.717) is 5.56 Å². The highest BCUT2D eigenvalue weighted by molar-refractivity contribution is 9.10. The van der Waals surface area contributed by atoms with Crippen molar-refractivity contribution >= 4 is 27.4 Å². The van der Waals surface area contributed by atoms with E-state index < -0.39 is 0 Å². The Hall–Kier alpha value is -2.91. The molecule has 0 aromatic heterocycles. The number of halogens is 1. The third-order valence-electron chi connectivity index (χ3n) is 4.63. The largest absolute Gasteiger partial charge is 0.324 e. The zero-order valence-electron chi connectivity index (χ0n) is 14.6. The highest BCUT2D eigenvalue weighted by Gasteiger charge is 2.25. The third-order valence-corrected chi connectivity index (χ3v) is 5.16. The molecule has 1 heterocycles. The Morgan fingerprint density at radius 2 is 1.44 bits per heavy atom. The van der Waals surface area contributed by atoms with Crippen LogP contribution in [0.4, 0.5) is 5.69 Å². The van der Waals surface area contributed by atoms with Gasteiger partial charge in [0.15, 0.2) is 5.78 Å². The zero-order chi connectivity index (χ0) is 18.6. The highest BCUT2D eigenvalue weighted by Crippen LogP contribution is 2.34. The average Bonchev–Trinajstić information content (AvgIpc) is 2.74. The van der Waals surface area contributed by atoms with Gasteiger partial charge in [0.2, 0.25) is 0 Å². The number of anilines is 1. The Bertz CT molecular complexity index is 992. The molecule has 4 rings (SSSR count). The van der Waals surface area contributed by atoms with E-state index in [-0.39, 0.29) is 11.7 Å². The topological polar surface area (TPSA) is 20.3 Å². The fourth-order valence-corrected chi connectivity index (χ4v) is 3.50. The minimum atomic E-state index is -0.0643. The molecule has 0 fully saturated rings. The summed E-state index contributed by atoms with van der Waals surface area (Å²) in [4.78, 5) is 15.3. The average molecular weight is 416 g/mol. The summed E-state index contributed by atoms with van der Waals surface area (Å²) in [5.74, 6) is -0.0125. The molecule has 132 valence electrons. The van der Waals surface area contributed by atoms with Crippen molar-refractivity contribution in [2.45, 2.75) is 5.92 Å². The molecule has 0 saturated carbocycles. The first-order valence-corrected chi connectivity index (χ1v) is 9.60. The number of benzene rings is 3. The summed E-state index contributed by atoms with van der Waals surface area (Å²) in [6.07, 6.45) is 6.08. The van der Waals surface area contributed by atoms with Crippen molar-refractivity contribution < 1.29 is 4.79 Å². The Kier molecular flexibility index (Phi) is 5.03. The molecule has 0 spiro atoms. The van der Waals surface area contributed by atoms with Gasteiger partial charge < -0.3 is 4.90 Å². The van der Waals surface area contributed by atoms with Gasteiger partial charge >= 0.3 is 0 Å². The van der Waals surface area contributed by atoms with Crippen LogP contribution in [0.5, 0.6) is 0 Å². The molecular weight excluding hydrogens is 398 g/mol. The number of allylic oxidation sites excluding steroid dienone is 2. The maximum Gasteiger partial charge on any atom is 0.191 e. The smallest absolute Gasteiger partial charge is 0.191 e. The molecule has 0 radical (unpaired) electrons. The summed E-state index contributed by atoms with van der Waals surface area (Å²) in [6, 6.07) is 27.7. The molecule has 0 saturated heterocycles. The number of rotatable bonds is 4. The van der Waals surface area contributed by atoms with Gasteiger partial charge in [-0.05, 0) is 29.8 Å². The van der Waals surface area contributed by atoms with Crippen molar-refractivity contribution in [3.05, 3.63) is 125 Å². The van der Waals surface area contributed by atoms with Crippen molar-refractivity contribution in [3.63, 3.8) is 0 Å². The molecule has 1 unspecified atom stereocenters. The molecule has 3 heteroatoms. The van der Waals surface area contributed by atoms with Crippen LogP contribution in [0.25, 0.3) is 0 Å². The first-order valence-electron chi connectivity index (χ1n) is 8.81. The van der Waals surface area contributed by atoms with E-state index in [1.807, 2.05) is 90.1 Å². The van der Waals surface area contributed by atoms with E-state index in [1.54, 1.807) is 0 Å². The molecule has 1 aliphatic rings. The maximum atomic E-state index is 13.3. The van der Waals surface area contributed by atoms with Crippen molar-refractivity contribution in [1.82, 2.24) is 0 Å². The van der Waals surface area contributed by atoms with Crippen LogP contribution in [0.2, 0.25) is 0 Å². The first kappa shape index (κ1) is 17.5. The molecule has 1 atom stereocenters. The summed E-state index contributed by atoms with van der Waals surface area (Å²) in [5.41, 5.74) is 3.59. The third kappa shape index (κ3) is 3.79. The molecule has 1 aliphatic heterocycles. The van der Waals surface area contributed by atoms with Crippen LogP contribution in [0.1, 0.15) is 21.8 Å². The van der Waals surface area contributed by atoms with E-state index in [2.05, 4.69) is 34.1 Å². The van der Waals surface area contributed by atoms with Gasteiger partial charge in [0, 0.05) is 39.6 Å². The zero-order valence-corrected chi connectivity index (χ0v) is 16.2. The summed E-state index contributed by atoms with van der Waals surface area (Å²) < 4.78 is 1.03. The standard InChI is InChI=1S/C24H18BrNO/c25-20-11-13-21(14-12-20)26-16-15-22(18-7-3-1-4-8-18)23(17-26)24(27)19-9-5-2-6-10-19/h1-17,22H. The molecular formula is C24H18BrNO. The number of carbonyl (C=O) groups is 1. The monoisotopic (exact) mass is 415 g/mol. The lowest BCUT2D eigenvalue weighted by molar-refractivity contribution is 0.102. The maximum absolute atomic E-state index is 13.3. The van der Waals surface area contributed by atoms with Gasteiger partial charge in [-0.2, -0.15) is 0 Å². The number of nitrogens with zero attached hydrogens (tertiary/aromatic N) is 1. The minimum Gasteiger partial charge on any atom is -0.324 e. The van der Waals surface area contributed by atoms with Crippen molar-refractivity contribution in [1.29, 1.82) is 0 Å². The van der Waals surface area contributed by atoms with Crippen LogP contribution in [0, 0.1) is 0 Å². The first-order chi connectivity index (χ1) is 13.2. The lowest BCUT2D eigenvalue weighted by Crippen LogP contribution is -2.21. The molecule has 2 nitrogen and oxygen atoms in total. The van der Waals surface area contributed by atoms with Crippen molar-refractivity contribution in [2.24, 2.45) is 0 Å². The summed E-state index contributed by atoms with van der Waals surface area (Å²) >= 11 is 3.47. The molecule has 3 aromatic carbocycles. The number of hydrogen-bond donors (Lipinski definition) is 0. The van der Waals surface area contributed by atoms with E-state index in [1.165, 1.54) is 0 Å². The molecule has 0 amide bonds. The van der Waals surface area contributed by atoms with E-state index in [4.69, 9.17) is 0 Å². The number of Topliss-reactive ketones (excluding diaryl/α,β-unsaturated/α-hetero) is 1. The molecule has 0 aliphatic carbocycles. The van der Waals surface area contributed by atoms with Gasteiger partial charge in [0.25, 0.3) is 0 Å². The normalized spacial score (nSPS) is 16.1. The van der Waals surface area contributed by atoms with Crippen molar-refractivity contribution in [2.75, 3.05) is 4.90 Å². The Morgan fingerprint density at radius 3 is 2.11 bits per heavy atom. The van der Waals surface area contributed by atoms with Gasteiger partial charge in [0.05, 0.1) is 0 Å². The van der Waals surface area contributed by atoms with Gasteiger partial charge in [0.1, 0.15) is 0 Å². The Morgan fingerprint density at radius 1 is 0.815 bits per heavy atom. The molecule has 0 N–H and O–H groups in total. The summed E-state index contributed by atoms with van der Waals surface area (Å²) in [7, 11) is 0. The molecule has 3 aromatic rings. The predicted molar refractivity (Wildman–Crippen MR) is 114 cm³/mol. The lowest BCUT2D eigenvalue weighted by Gasteiger charge is -2.27. The predicted octanol–water partition coefficient (Wildman–Crippen LogP) is 6.33. The van der Waals surface area contributed by atoms with Crippen LogP contribution in [-0.4, -0.2) is 5.78 Å². The second-order valence-corrected chi connectivity index (χ2v) is 7.31. The summed E-state index contributed by atoms with van der Waals surface area (Å²) in [5, 5.41) is 0. The quantitative estimate of drug-likeness (QED) is 0.463. The highest BCUT2D eigenvalue weighted by atomic mass is 79.9. The van der Waals surface area contributed by atoms with Crippen LogP contribution in [0.15, 0.2) is 113 Å². The second kappa shape index (κ2) is 7.77. The molecule has 27 heavy (non-hydrogen) atoms. The van der Waals surface area contributed by atoms with Crippen LogP contribution >= 0.6 is 15.9 Å². The van der Waals surface area contributed by atoms with E-state index >= 15 is 0 Å². The van der Waals surface area contributed by atoms with Crippen LogP contribution in [-0.2, 0) is 0 Å². The van der Waals surface area contributed by atoms with E-state index in [0.717, 1.165) is 21.3 Å². The Labute approximate surface area is 167 Å². The van der Waals surface area contributed by atoms with Crippen LogP contribution < -0.4 is 4.90 Å². The number of ketones is 1. The molecule has 0 bridgehead atoms. The second-order valence-electron chi connectivity index (χ2n) is 6.39. The fraction of sp³-hybridized carbons (Fsp3) is 0.0417. The number of carbonyl (C=O) groups excluding carboxylic acids is 1. The van der Waals surface area contributed by atoms with Gasteiger partial charge in [-0.3, -0.25) is 4.79 Å². The van der Waals surface area contributed by atoms with Gasteiger partial charge in [-0.15, -0.1) is 0 Å². The number of hydrogen-bond acceptors (Lipinski definition) is 2. The fourth-order valence-electron chi connectivity index (χ4n) is 3.24. The lowest BCUT2D eigenvalue weighted by atomic mass is 9.85. The Balaban J connectivity index is 1.76. The van der Waals surface area contributed by atoms with Gasteiger partial charge in [-0.25, -0.2) is 0 Å². The minimum absolute atomic E-state index is 0.0518. The SMILES string of the molecule is O=C(C1=CN(c2ccc(Br)cc2)C=CC1c1ccccc1)c1ccccc1.